The minimum atomic E-state index is -3.38. The van der Waals surface area contributed by atoms with Gasteiger partial charge in [-0.2, -0.15) is 0 Å². The lowest BCUT2D eigenvalue weighted by molar-refractivity contribution is 0.471. The highest BCUT2D eigenvalue weighted by atomic mass is 32.2. The molecule has 0 saturated heterocycles. The standard InChI is InChI=1S/C16H24N2O2S/c1-2-11-17-14-7-9-15(10-8-14)21(19,20)18-16(12-3-4-12)13-5-6-13/h7-10,12-13,16-18H,2-6,11H2,1H3. The third kappa shape index (κ3) is 3.77. The molecule has 0 atom stereocenters. The summed E-state index contributed by atoms with van der Waals surface area (Å²) in [5.74, 6) is 1.13. The normalized spacial score (nSPS) is 19.0. The van der Waals surface area contributed by atoms with Crippen molar-refractivity contribution in [2.45, 2.75) is 50.0 Å². The molecular formula is C16H24N2O2S. The number of sulfonamides is 1. The van der Waals surface area contributed by atoms with Crippen molar-refractivity contribution in [3.05, 3.63) is 24.3 Å². The Morgan fingerprint density at radius 2 is 1.67 bits per heavy atom. The van der Waals surface area contributed by atoms with E-state index in [0.29, 0.717) is 16.7 Å². The molecule has 2 N–H and O–H groups in total. The summed E-state index contributed by atoms with van der Waals surface area (Å²) >= 11 is 0. The Morgan fingerprint density at radius 3 is 2.14 bits per heavy atom. The minimum absolute atomic E-state index is 0.160. The van der Waals surface area contributed by atoms with Gasteiger partial charge in [0.05, 0.1) is 4.90 Å². The Morgan fingerprint density at radius 1 is 1.10 bits per heavy atom. The van der Waals surface area contributed by atoms with Crippen LogP contribution in [0.1, 0.15) is 39.0 Å². The molecule has 2 fully saturated rings. The SMILES string of the molecule is CCCNc1ccc(S(=O)(=O)NC(C2CC2)C2CC2)cc1. The highest BCUT2D eigenvalue weighted by molar-refractivity contribution is 7.89. The summed E-state index contributed by atoms with van der Waals surface area (Å²) in [6, 6.07) is 7.22. The predicted octanol–water partition coefficient (Wildman–Crippen LogP) is 2.98. The number of benzene rings is 1. The van der Waals surface area contributed by atoms with Crippen molar-refractivity contribution in [2.75, 3.05) is 11.9 Å². The van der Waals surface area contributed by atoms with Crippen molar-refractivity contribution in [1.29, 1.82) is 0 Å². The Bertz CT molecular complexity index is 563. The van der Waals surface area contributed by atoms with Crippen LogP contribution in [0.4, 0.5) is 5.69 Å². The van der Waals surface area contributed by atoms with Gasteiger partial charge in [-0.1, -0.05) is 6.92 Å². The van der Waals surface area contributed by atoms with Gasteiger partial charge in [-0.15, -0.1) is 0 Å². The van der Waals surface area contributed by atoms with Crippen LogP contribution in [-0.2, 0) is 10.0 Å². The molecule has 4 nitrogen and oxygen atoms in total. The Hall–Kier alpha value is -1.07. The van der Waals surface area contributed by atoms with E-state index in [0.717, 1.165) is 18.7 Å². The molecule has 1 aromatic carbocycles. The second-order valence-corrected chi connectivity index (χ2v) is 7.99. The topological polar surface area (TPSA) is 58.2 Å². The second-order valence-electron chi connectivity index (χ2n) is 6.27. The fourth-order valence-corrected chi connectivity index (χ4v) is 4.13. The maximum absolute atomic E-state index is 12.5. The third-order valence-electron chi connectivity index (χ3n) is 4.29. The molecule has 2 aliphatic rings. The Labute approximate surface area is 127 Å². The summed E-state index contributed by atoms with van der Waals surface area (Å²) in [7, 11) is -3.38. The van der Waals surface area contributed by atoms with Crippen LogP contribution in [-0.4, -0.2) is 21.0 Å². The number of rotatable bonds is 8. The van der Waals surface area contributed by atoms with Crippen LogP contribution in [0.15, 0.2) is 29.2 Å². The molecule has 0 aliphatic heterocycles. The van der Waals surface area contributed by atoms with Crippen LogP contribution >= 0.6 is 0 Å². The van der Waals surface area contributed by atoms with E-state index in [9.17, 15) is 8.42 Å². The van der Waals surface area contributed by atoms with Crippen LogP contribution in [0.2, 0.25) is 0 Å². The lowest BCUT2D eigenvalue weighted by Crippen LogP contribution is -2.38. The molecule has 0 unspecified atom stereocenters. The van der Waals surface area contributed by atoms with Gasteiger partial charge >= 0.3 is 0 Å². The number of hydrogen-bond acceptors (Lipinski definition) is 3. The van der Waals surface area contributed by atoms with Gasteiger partial charge in [0.2, 0.25) is 10.0 Å². The van der Waals surface area contributed by atoms with Crippen LogP contribution in [0.25, 0.3) is 0 Å². The van der Waals surface area contributed by atoms with Crippen molar-refractivity contribution in [1.82, 2.24) is 4.72 Å². The molecule has 0 radical (unpaired) electrons. The van der Waals surface area contributed by atoms with E-state index in [2.05, 4.69) is 17.0 Å². The summed E-state index contributed by atoms with van der Waals surface area (Å²) in [6.07, 6.45) is 5.73. The maximum atomic E-state index is 12.5. The molecule has 0 bridgehead atoms. The lowest BCUT2D eigenvalue weighted by atomic mass is 10.1. The van der Waals surface area contributed by atoms with Gasteiger partial charge in [0, 0.05) is 18.3 Å². The van der Waals surface area contributed by atoms with Gasteiger partial charge in [0.25, 0.3) is 0 Å². The molecule has 2 saturated carbocycles. The van der Waals surface area contributed by atoms with E-state index in [4.69, 9.17) is 0 Å². The summed E-state index contributed by atoms with van der Waals surface area (Å²) in [4.78, 5) is 0.371. The highest BCUT2D eigenvalue weighted by Crippen LogP contribution is 2.45. The monoisotopic (exact) mass is 308 g/mol. The van der Waals surface area contributed by atoms with Gasteiger partial charge in [0.15, 0.2) is 0 Å². The molecular weight excluding hydrogens is 284 g/mol. The smallest absolute Gasteiger partial charge is 0.240 e. The third-order valence-corrected chi connectivity index (χ3v) is 5.77. The van der Waals surface area contributed by atoms with Crippen molar-refractivity contribution < 1.29 is 8.42 Å². The lowest BCUT2D eigenvalue weighted by Gasteiger charge is -2.18. The summed E-state index contributed by atoms with van der Waals surface area (Å²) in [5.41, 5.74) is 0.969. The highest BCUT2D eigenvalue weighted by Gasteiger charge is 2.43. The maximum Gasteiger partial charge on any atom is 0.240 e. The van der Waals surface area contributed by atoms with Crippen LogP contribution < -0.4 is 10.0 Å². The van der Waals surface area contributed by atoms with Crippen LogP contribution in [0.5, 0.6) is 0 Å². The van der Waals surface area contributed by atoms with Gasteiger partial charge in [0.1, 0.15) is 0 Å². The average molecular weight is 308 g/mol. The van der Waals surface area contributed by atoms with Crippen molar-refractivity contribution >= 4 is 15.7 Å². The zero-order valence-corrected chi connectivity index (χ0v) is 13.3. The zero-order valence-electron chi connectivity index (χ0n) is 12.5. The summed E-state index contributed by atoms with van der Waals surface area (Å²) < 4.78 is 27.9. The molecule has 21 heavy (non-hydrogen) atoms. The first kappa shape index (κ1) is 14.9. The fourth-order valence-electron chi connectivity index (χ4n) is 2.76. The predicted molar refractivity (Wildman–Crippen MR) is 84.8 cm³/mol. The zero-order chi connectivity index (χ0) is 14.9. The molecule has 5 heteroatoms. The summed E-state index contributed by atoms with van der Waals surface area (Å²) in [5, 5.41) is 3.25. The first-order valence-electron chi connectivity index (χ1n) is 7.96. The van der Waals surface area contributed by atoms with Gasteiger partial charge in [-0.3, -0.25) is 0 Å². The molecule has 0 spiro atoms. The first-order chi connectivity index (χ1) is 10.1. The molecule has 1 aromatic rings. The molecule has 3 rings (SSSR count). The van der Waals surface area contributed by atoms with Crippen LogP contribution in [0.3, 0.4) is 0 Å². The van der Waals surface area contributed by atoms with Crippen LogP contribution in [0, 0.1) is 11.8 Å². The molecule has 116 valence electrons. The van der Waals surface area contributed by atoms with E-state index in [1.54, 1.807) is 12.1 Å². The van der Waals surface area contributed by atoms with E-state index in [1.807, 2.05) is 12.1 Å². The van der Waals surface area contributed by atoms with E-state index < -0.39 is 10.0 Å². The largest absolute Gasteiger partial charge is 0.385 e. The molecule has 0 heterocycles. The quantitative estimate of drug-likeness (QED) is 0.776. The Kier molecular flexibility index (Phi) is 4.22. The Balaban J connectivity index is 1.68. The summed E-state index contributed by atoms with van der Waals surface area (Å²) in [6.45, 7) is 3.00. The number of anilines is 1. The minimum Gasteiger partial charge on any atom is -0.385 e. The average Bonchev–Trinajstić information content (AvgIpc) is 3.36. The molecule has 0 aromatic heterocycles. The van der Waals surface area contributed by atoms with Gasteiger partial charge in [-0.25, -0.2) is 13.1 Å². The van der Waals surface area contributed by atoms with Crippen molar-refractivity contribution in [3.63, 3.8) is 0 Å². The van der Waals surface area contributed by atoms with Gasteiger partial charge in [-0.05, 0) is 68.2 Å². The number of nitrogens with one attached hydrogen (secondary N) is 2. The second kappa shape index (κ2) is 5.97. The molecule has 2 aliphatic carbocycles. The van der Waals surface area contributed by atoms with Crippen molar-refractivity contribution in [2.24, 2.45) is 11.8 Å². The van der Waals surface area contributed by atoms with Gasteiger partial charge < -0.3 is 5.32 Å². The number of hydrogen-bond donors (Lipinski definition) is 2. The molecule has 0 amide bonds. The fraction of sp³-hybridized carbons (Fsp3) is 0.625. The first-order valence-corrected chi connectivity index (χ1v) is 9.45. The van der Waals surface area contributed by atoms with E-state index in [1.165, 1.54) is 25.7 Å². The van der Waals surface area contributed by atoms with Crippen molar-refractivity contribution in [3.8, 4) is 0 Å². The van der Waals surface area contributed by atoms with E-state index >= 15 is 0 Å². The van der Waals surface area contributed by atoms with E-state index in [-0.39, 0.29) is 6.04 Å².